The van der Waals surface area contributed by atoms with E-state index in [4.69, 9.17) is 8.94 Å². The largest absolute Gasteiger partial charge is 0.440 e. The van der Waals surface area contributed by atoms with Crippen LogP contribution in [0.1, 0.15) is 35.9 Å². The van der Waals surface area contributed by atoms with E-state index in [1.54, 1.807) is 0 Å². The Hall–Kier alpha value is -2.47. The SMILES string of the molecule is Cc1ncoc1-c1noc(C2CCCN(Cc3ccccc3)C2)n1. The molecular weight excluding hydrogens is 304 g/mol. The standard InChI is InChI=1S/C18H20N4O2/c1-13-16(23-12-19-13)17-20-18(24-21-17)15-8-5-9-22(11-15)10-14-6-3-2-4-7-14/h2-4,6-7,12,15H,5,8-11H2,1H3. The lowest BCUT2D eigenvalue weighted by atomic mass is 9.97. The first-order valence-electron chi connectivity index (χ1n) is 8.30. The third kappa shape index (κ3) is 3.10. The Bertz CT molecular complexity index is 796. The van der Waals surface area contributed by atoms with E-state index in [2.05, 4.69) is 44.3 Å². The van der Waals surface area contributed by atoms with Gasteiger partial charge in [-0.15, -0.1) is 0 Å². The molecule has 0 bridgehead atoms. The third-order valence-corrected chi connectivity index (χ3v) is 4.49. The Kier molecular flexibility index (Phi) is 4.13. The summed E-state index contributed by atoms with van der Waals surface area (Å²) < 4.78 is 10.9. The molecule has 0 aliphatic carbocycles. The van der Waals surface area contributed by atoms with Crippen molar-refractivity contribution in [1.82, 2.24) is 20.0 Å². The van der Waals surface area contributed by atoms with E-state index in [0.717, 1.165) is 38.2 Å². The first kappa shape index (κ1) is 15.1. The van der Waals surface area contributed by atoms with E-state index < -0.39 is 0 Å². The summed E-state index contributed by atoms with van der Waals surface area (Å²) in [4.78, 5) is 11.1. The lowest BCUT2D eigenvalue weighted by molar-refractivity contribution is 0.180. The molecule has 0 amide bonds. The summed E-state index contributed by atoms with van der Waals surface area (Å²) >= 11 is 0. The Morgan fingerprint density at radius 2 is 2.12 bits per heavy atom. The highest BCUT2D eigenvalue weighted by Gasteiger charge is 2.27. The van der Waals surface area contributed by atoms with Crippen LogP contribution < -0.4 is 0 Å². The zero-order valence-electron chi connectivity index (χ0n) is 13.7. The summed E-state index contributed by atoms with van der Waals surface area (Å²) in [6.07, 6.45) is 3.61. The Morgan fingerprint density at radius 3 is 2.92 bits per heavy atom. The minimum atomic E-state index is 0.270. The number of aryl methyl sites for hydroxylation is 1. The smallest absolute Gasteiger partial charge is 0.240 e. The normalized spacial score (nSPS) is 18.8. The Morgan fingerprint density at radius 1 is 1.25 bits per heavy atom. The molecule has 0 saturated carbocycles. The number of oxazole rings is 1. The van der Waals surface area contributed by atoms with Gasteiger partial charge in [-0.1, -0.05) is 35.5 Å². The lowest BCUT2D eigenvalue weighted by Crippen LogP contribution is -2.34. The van der Waals surface area contributed by atoms with Crippen LogP contribution in [-0.4, -0.2) is 33.1 Å². The second-order valence-corrected chi connectivity index (χ2v) is 6.28. The van der Waals surface area contributed by atoms with Crippen molar-refractivity contribution in [2.45, 2.75) is 32.2 Å². The molecule has 4 rings (SSSR count). The fourth-order valence-electron chi connectivity index (χ4n) is 3.25. The number of likely N-dealkylation sites (tertiary alicyclic amines) is 1. The molecule has 0 N–H and O–H groups in total. The van der Waals surface area contributed by atoms with Gasteiger partial charge in [0.05, 0.1) is 11.6 Å². The summed E-state index contributed by atoms with van der Waals surface area (Å²) in [5, 5.41) is 4.07. The molecule has 24 heavy (non-hydrogen) atoms. The fraction of sp³-hybridized carbons (Fsp3) is 0.389. The molecule has 0 radical (unpaired) electrons. The van der Waals surface area contributed by atoms with Gasteiger partial charge >= 0.3 is 0 Å². The first-order chi connectivity index (χ1) is 11.8. The van der Waals surface area contributed by atoms with Crippen LogP contribution in [0.15, 0.2) is 45.7 Å². The van der Waals surface area contributed by atoms with Gasteiger partial charge in [-0.05, 0) is 31.9 Å². The number of aromatic nitrogens is 3. The van der Waals surface area contributed by atoms with Crippen LogP contribution in [0.2, 0.25) is 0 Å². The molecule has 124 valence electrons. The van der Waals surface area contributed by atoms with E-state index in [9.17, 15) is 0 Å². The summed E-state index contributed by atoms with van der Waals surface area (Å²) in [5.41, 5.74) is 2.11. The molecule has 1 fully saturated rings. The van der Waals surface area contributed by atoms with Gasteiger partial charge in [0.15, 0.2) is 12.2 Å². The Balaban J connectivity index is 1.46. The number of hydrogen-bond acceptors (Lipinski definition) is 6. The predicted molar refractivity (Wildman–Crippen MR) is 88.2 cm³/mol. The molecule has 0 spiro atoms. The van der Waals surface area contributed by atoms with Crippen molar-refractivity contribution in [1.29, 1.82) is 0 Å². The summed E-state index contributed by atoms with van der Waals surface area (Å²) in [5.74, 6) is 2.03. The Labute approximate surface area is 140 Å². The van der Waals surface area contributed by atoms with Crippen molar-refractivity contribution in [2.75, 3.05) is 13.1 Å². The van der Waals surface area contributed by atoms with E-state index in [-0.39, 0.29) is 5.92 Å². The highest BCUT2D eigenvalue weighted by atomic mass is 16.5. The third-order valence-electron chi connectivity index (χ3n) is 4.49. The monoisotopic (exact) mass is 324 g/mol. The fourth-order valence-corrected chi connectivity index (χ4v) is 3.25. The molecule has 1 atom stereocenters. The van der Waals surface area contributed by atoms with Crippen molar-refractivity contribution >= 4 is 0 Å². The molecule has 1 unspecified atom stereocenters. The molecule has 6 heteroatoms. The molecule has 6 nitrogen and oxygen atoms in total. The summed E-state index contributed by atoms with van der Waals surface area (Å²) in [6, 6.07) is 10.6. The average molecular weight is 324 g/mol. The minimum absolute atomic E-state index is 0.270. The highest BCUT2D eigenvalue weighted by Crippen LogP contribution is 2.28. The second-order valence-electron chi connectivity index (χ2n) is 6.28. The van der Waals surface area contributed by atoms with Gasteiger partial charge < -0.3 is 8.94 Å². The van der Waals surface area contributed by atoms with Crippen LogP contribution in [-0.2, 0) is 6.54 Å². The molecular formula is C18H20N4O2. The van der Waals surface area contributed by atoms with E-state index >= 15 is 0 Å². The van der Waals surface area contributed by atoms with Gasteiger partial charge in [0, 0.05) is 13.1 Å². The van der Waals surface area contributed by atoms with Gasteiger partial charge in [0.25, 0.3) is 0 Å². The van der Waals surface area contributed by atoms with Crippen LogP contribution in [0, 0.1) is 6.92 Å². The zero-order chi connectivity index (χ0) is 16.4. The van der Waals surface area contributed by atoms with Gasteiger partial charge in [-0.25, -0.2) is 4.98 Å². The summed E-state index contributed by atoms with van der Waals surface area (Å²) in [6.45, 7) is 4.87. The molecule has 1 aromatic carbocycles. The zero-order valence-corrected chi connectivity index (χ0v) is 13.7. The predicted octanol–water partition coefficient (Wildman–Crippen LogP) is 3.41. The average Bonchev–Trinajstić information content (AvgIpc) is 3.25. The van der Waals surface area contributed by atoms with Gasteiger partial charge in [0.1, 0.15) is 0 Å². The number of benzene rings is 1. The van der Waals surface area contributed by atoms with E-state index in [1.165, 1.54) is 12.0 Å². The maximum Gasteiger partial charge on any atom is 0.240 e. The molecule has 1 aliphatic rings. The lowest BCUT2D eigenvalue weighted by Gasteiger charge is -2.30. The van der Waals surface area contributed by atoms with Crippen molar-refractivity contribution in [3.8, 4) is 11.6 Å². The molecule has 1 aliphatic heterocycles. The number of piperidine rings is 1. The van der Waals surface area contributed by atoms with E-state index in [1.807, 2.05) is 13.0 Å². The van der Waals surface area contributed by atoms with Gasteiger partial charge in [0.2, 0.25) is 11.7 Å². The summed E-state index contributed by atoms with van der Waals surface area (Å²) in [7, 11) is 0. The van der Waals surface area contributed by atoms with Gasteiger partial charge in [-0.3, -0.25) is 4.90 Å². The van der Waals surface area contributed by atoms with Crippen molar-refractivity contribution in [3.63, 3.8) is 0 Å². The van der Waals surface area contributed by atoms with Crippen molar-refractivity contribution < 1.29 is 8.94 Å². The molecule has 2 aromatic heterocycles. The number of hydrogen-bond donors (Lipinski definition) is 0. The van der Waals surface area contributed by atoms with Crippen LogP contribution >= 0.6 is 0 Å². The minimum Gasteiger partial charge on any atom is -0.440 e. The van der Waals surface area contributed by atoms with E-state index in [0.29, 0.717) is 17.5 Å². The van der Waals surface area contributed by atoms with Crippen molar-refractivity contribution in [3.05, 3.63) is 53.9 Å². The maximum absolute atomic E-state index is 5.51. The van der Waals surface area contributed by atoms with Crippen LogP contribution in [0.5, 0.6) is 0 Å². The topological polar surface area (TPSA) is 68.2 Å². The van der Waals surface area contributed by atoms with Crippen LogP contribution in [0.4, 0.5) is 0 Å². The van der Waals surface area contributed by atoms with Crippen LogP contribution in [0.25, 0.3) is 11.6 Å². The molecule has 3 aromatic rings. The first-order valence-corrected chi connectivity index (χ1v) is 8.30. The number of rotatable bonds is 4. The quantitative estimate of drug-likeness (QED) is 0.732. The maximum atomic E-state index is 5.51. The van der Waals surface area contributed by atoms with Crippen molar-refractivity contribution in [2.24, 2.45) is 0 Å². The van der Waals surface area contributed by atoms with Crippen LogP contribution in [0.3, 0.4) is 0 Å². The molecule has 1 saturated heterocycles. The second kappa shape index (κ2) is 6.57. The molecule has 3 heterocycles. The van der Waals surface area contributed by atoms with Gasteiger partial charge in [-0.2, -0.15) is 4.98 Å². The number of nitrogens with zero attached hydrogens (tertiary/aromatic N) is 4. The highest BCUT2D eigenvalue weighted by molar-refractivity contribution is 5.48.